The number of fused-ring (bicyclic) bond motifs is 1. The van der Waals surface area contributed by atoms with E-state index in [1.807, 2.05) is 18.2 Å². The Labute approximate surface area is 161 Å². The van der Waals surface area contributed by atoms with Crippen molar-refractivity contribution in [3.8, 4) is 0 Å². The molecule has 0 N–H and O–H groups in total. The van der Waals surface area contributed by atoms with E-state index in [0.29, 0.717) is 12.0 Å². The van der Waals surface area contributed by atoms with Crippen molar-refractivity contribution in [2.24, 2.45) is 0 Å². The predicted octanol–water partition coefficient (Wildman–Crippen LogP) is 1.43. The third-order valence-corrected chi connectivity index (χ3v) is 4.94. The average Bonchev–Trinajstić information content (AvgIpc) is 2.49. The first-order chi connectivity index (χ1) is 10.5. The van der Waals surface area contributed by atoms with Crippen molar-refractivity contribution in [1.29, 1.82) is 0 Å². The van der Waals surface area contributed by atoms with Crippen LogP contribution < -0.4 is 29.6 Å². The quantitative estimate of drug-likeness (QED) is 0.565. The summed E-state index contributed by atoms with van der Waals surface area (Å²) in [6.07, 6.45) is 5.67. The number of unbranched alkanes of at least 4 members (excludes halogenated alkanes) is 2. The molecule has 3 nitrogen and oxygen atoms in total. The maximum Gasteiger partial charge on any atom is 1.00 e. The molecule has 0 saturated carbocycles. The van der Waals surface area contributed by atoms with Crippen molar-refractivity contribution < 1.29 is 42.5 Å². The van der Waals surface area contributed by atoms with E-state index in [4.69, 9.17) is 0 Å². The van der Waals surface area contributed by atoms with Gasteiger partial charge in [-0.15, -0.1) is 0 Å². The molecule has 0 atom stereocenters. The second-order valence-corrected chi connectivity index (χ2v) is 7.11. The van der Waals surface area contributed by atoms with Gasteiger partial charge in [0, 0.05) is 0 Å². The minimum absolute atomic E-state index is 0. The average molecular weight is 342 g/mol. The van der Waals surface area contributed by atoms with E-state index in [0.717, 1.165) is 42.9 Å². The van der Waals surface area contributed by atoms with Gasteiger partial charge >= 0.3 is 29.6 Å². The fraction of sp³-hybridized carbons (Fsp3) is 0.444. The summed E-state index contributed by atoms with van der Waals surface area (Å²) in [5, 5.41) is 1.91. The monoisotopic (exact) mass is 342 g/mol. The van der Waals surface area contributed by atoms with Crippen LogP contribution in [0.1, 0.15) is 50.7 Å². The molecule has 2 rings (SSSR count). The summed E-state index contributed by atoms with van der Waals surface area (Å²) in [6, 6.07) is 9.37. The summed E-state index contributed by atoms with van der Waals surface area (Å²) in [5.41, 5.74) is 1.89. The fourth-order valence-corrected chi connectivity index (χ4v) is 3.55. The van der Waals surface area contributed by atoms with Gasteiger partial charge in [0.25, 0.3) is 0 Å². The Balaban J connectivity index is 0.00000264. The zero-order chi connectivity index (χ0) is 16.2. The Morgan fingerprint density at radius 2 is 1.57 bits per heavy atom. The third kappa shape index (κ3) is 5.30. The molecule has 2 aromatic rings. The second kappa shape index (κ2) is 9.19. The maximum absolute atomic E-state index is 11.6. The Morgan fingerprint density at radius 1 is 0.957 bits per heavy atom. The molecular formula is C18H23NaO3S. The van der Waals surface area contributed by atoms with Crippen molar-refractivity contribution in [2.75, 3.05) is 0 Å². The van der Waals surface area contributed by atoms with Crippen LogP contribution in [0, 0.1) is 0 Å². The summed E-state index contributed by atoms with van der Waals surface area (Å²) in [7, 11) is -4.44. The minimum atomic E-state index is -4.44. The van der Waals surface area contributed by atoms with E-state index in [1.165, 1.54) is 5.56 Å². The van der Waals surface area contributed by atoms with Crippen molar-refractivity contribution >= 4 is 20.9 Å². The van der Waals surface area contributed by atoms with Crippen molar-refractivity contribution in [2.45, 2.75) is 57.3 Å². The van der Waals surface area contributed by atoms with Gasteiger partial charge in [0.1, 0.15) is 10.1 Å². The first-order valence-corrected chi connectivity index (χ1v) is 9.38. The zero-order valence-corrected chi connectivity index (χ0v) is 17.1. The van der Waals surface area contributed by atoms with E-state index >= 15 is 0 Å². The van der Waals surface area contributed by atoms with Crippen molar-refractivity contribution in [3.63, 3.8) is 0 Å². The number of hydrogen-bond acceptors (Lipinski definition) is 3. The van der Waals surface area contributed by atoms with Crippen LogP contribution in [0.25, 0.3) is 10.8 Å². The standard InChI is InChI=1S/C18H24O3S.Na/c1-3-5-8-14-10-7-11-15-13-18(22(19,20)21)16(9-6-4-2)12-17(14)15;/h7,10-13H,3-6,8-9H2,1-2H3,(H,19,20,21);/q;+1/p-1. The SMILES string of the molecule is CCCCc1cc2c(CCCC)cccc2cc1S(=O)(=O)[O-].[Na+]. The molecule has 0 fully saturated rings. The van der Waals surface area contributed by atoms with E-state index in [9.17, 15) is 13.0 Å². The zero-order valence-electron chi connectivity index (χ0n) is 14.3. The van der Waals surface area contributed by atoms with Crippen LogP contribution in [0.3, 0.4) is 0 Å². The molecular weight excluding hydrogens is 319 g/mol. The molecule has 0 amide bonds. The van der Waals surface area contributed by atoms with Gasteiger partial charge in [-0.05, 0) is 59.7 Å². The molecule has 2 aromatic carbocycles. The summed E-state index contributed by atoms with van der Waals surface area (Å²) >= 11 is 0. The molecule has 0 bridgehead atoms. The summed E-state index contributed by atoms with van der Waals surface area (Å²) < 4.78 is 34.7. The van der Waals surface area contributed by atoms with Crippen molar-refractivity contribution in [3.05, 3.63) is 41.5 Å². The first kappa shape index (κ1) is 20.7. The molecule has 5 heteroatoms. The number of aryl methyl sites for hydroxylation is 2. The van der Waals surface area contributed by atoms with Gasteiger partial charge in [0.2, 0.25) is 0 Å². The van der Waals surface area contributed by atoms with Crippen LogP contribution >= 0.6 is 0 Å². The van der Waals surface area contributed by atoms with Gasteiger partial charge in [-0.2, -0.15) is 0 Å². The molecule has 0 radical (unpaired) electrons. The number of rotatable bonds is 7. The molecule has 0 saturated heterocycles. The van der Waals surface area contributed by atoms with Gasteiger partial charge in [0.15, 0.2) is 0 Å². The third-order valence-electron chi connectivity index (χ3n) is 4.02. The molecule has 120 valence electrons. The molecule has 0 heterocycles. The molecule has 0 spiro atoms. The Morgan fingerprint density at radius 3 is 2.13 bits per heavy atom. The molecule has 0 aliphatic carbocycles. The molecule has 0 aromatic heterocycles. The Hall–Kier alpha value is -0.390. The summed E-state index contributed by atoms with van der Waals surface area (Å²) in [4.78, 5) is -0.0545. The fourth-order valence-electron chi connectivity index (χ4n) is 2.79. The van der Waals surface area contributed by atoms with E-state index in [2.05, 4.69) is 19.9 Å². The first-order valence-electron chi connectivity index (χ1n) is 7.97. The Kier molecular flexibility index (Phi) is 8.25. The van der Waals surface area contributed by atoms with Gasteiger partial charge in [-0.1, -0.05) is 44.9 Å². The van der Waals surface area contributed by atoms with Crippen LogP contribution in [0.2, 0.25) is 0 Å². The molecule has 23 heavy (non-hydrogen) atoms. The summed E-state index contributed by atoms with van der Waals surface area (Å²) in [6.45, 7) is 4.21. The Bertz CT molecular complexity index is 754. The van der Waals surface area contributed by atoms with Crippen LogP contribution in [0.15, 0.2) is 35.2 Å². The van der Waals surface area contributed by atoms with Gasteiger partial charge in [0.05, 0.1) is 4.90 Å². The number of benzene rings is 2. The number of hydrogen-bond donors (Lipinski definition) is 0. The minimum Gasteiger partial charge on any atom is -0.744 e. The van der Waals surface area contributed by atoms with Crippen LogP contribution in [-0.4, -0.2) is 13.0 Å². The van der Waals surface area contributed by atoms with Gasteiger partial charge in [-0.25, -0.2) is 8.42 Å². The van der Waals surface area contributed by atoms with Crippen molar-refractivity contribution in [1.82, 2.24) is 0 Å². The smallest absolute Gasteiger partial charge is 0.744 e. The second-order valence-electron chi connectivity index (χ2n) is 5.76. The van der Waals surface area contributed by atoms with E-state index < -0.39 is 10.1 Å². The van der Waals surface area contributed by atoms with E-state index in [-0.39, 0.29) is 34.5 Å². The topological polar surface area (TPSA) is 57.2 Å². The molecule has 0 aliphatic heterocycles. The molecule has 0 aliphatic rings. The van der Waals surface area contributed by atoms with Gasteiger partial charge < -0.3 is 4.55 Å². The van der Waals surface area contributed by atoms with Crippen LogP contribution in [0.4, 0.5) is 0 Å². The predicted molar refractivity (Wildman–Crippen MR) is 89.1 cm³/mol. The van der Waals surface area contributed by atoms with Crippen LogP contribution in [-0.2, 0) is 23.0 Å². The van der Waals surface area contributed by atoms with Crippen LogP contribution in [0.5, 0.6) is 0 Å². The van der Waals surface area contributed by atoms with Gasteiger partial charge in [-0.3, -0.25) is 0 Å². The molecule has 0 unspecified atom stereocenters. The normalized spacial score (nSPS) is 11.4. The summed E-state index contributed by atoms with van der Waals surface area (Å²) in [5.74, 6) is 0. The largest absolute Gasteiger partial charge is 1.00 e. The maximum atomic E-state index is 11.6. The van der Waals surface area contributed by atoms with E-state index in [1.54, 1.807) is 6.07 Å².